The Bertz CT molecular complexity index is 3170. The van der Waals surface area contributed by atoms with Crippen molar-refractivity contribution in [1.82, 2.24) is 63.8 Å². The average molecular weight is 1560 g/mol. The van der Waals surface area contributed by atoms with E-state index in [1.54, 1.807) is 41.5 Å². The third-order valence-electron chi connectivity index (χ3n) is 15.9. The van der Waals surface area contributed by atoms with Gasteiger partial charge in [-0.05, 0) is 101 Å². The molecule has 28 N–H and O–H groups in total. The highest BCUT2D eigenvalue weighted by Crippen LogP contribution is 2.19. The minimum absolute atomic E-state index is 0.0176. The molecule has 0 unspecified atom stereocenters. The van der Waals surface area contributed by atoms with E-state index in [2.05, 4.69) is 58.5 Å². The highest BCUT2D eigenvalue weighted by Gasteiger charge is 2.40. The lowest BCUT2D eigenvalue weighted by Gasteiger charge is -2.30. The largest absolute Gasteiger partial charge is 0.508 e. The van der Waals surface area contributed by atoms with Crippen molar-refractivity contribution >= 4 is 94.6 Å². The minimum Gasteiger partial charge on any atom is -0.508 e. The number of carboxylic acid groups (broad SMARTS) is 3. The van der Waals surface area contributed by atoms with Crippen LogP contribution in [0.3, 0.4) is 0 Å². The van der Waals surface area contributed by atoms with Gasteiger partial charge in [0.15, 0.2) is 5.78 Å². The van der Waals surface area contributed by atoms with Gasteiger partial charge in [0.25, 0.3) is 5.97 Å². The maximum Gasteiger partial charge on any atom is 0.326 e. The fraction of sp³-hybridized carbons (Fsp3) is 0.672. The Morgan fingerprint density at radius 2 is 0.679 bits per heavy atom. The second-order valence-corrected chi connectivity index (χ2v) is 27.1. The second kappa shape index (κ2) is 50.9. The van der Waals surface area contributed by atoms with Crippen molar-refractivity contribution in [2.45, 2.75) is 224 Å². The van der Waals surface area contributed by atoms with E-state index < -0.39 is 256 Å². The molecule has 0 aliphatic rings. The topological polar surface area (TPSA) is 712 Å². The SMILES string of the molecule is CC(=O)O.CC(C)C[C@H](CC(=O)[C@H](CO)NC(=O)[C@H](Cc1ccc(O)cc1)NC(=O)[C@@H](NC(=O)[C@H](CO)NC(=O)[C@@H](N)CC(=O)O)[C@@H](C)O)C(=O)N[C@@H](CO)C(=O)N[C@@H](CO)C(=O)N[C@H](C(=O)N[C@@H](CC(C)C)C(=O)N[C@H](C(=O)N[C@@H](CC(C)C)C(=O)N[C@@H](CO)C(=O)N[C@@H](CCCCN)C(=O)O)[C@@H](C)O)[C@@H](C)O. The molecule has 17 atom stereocenters. The third kappa shape index (κ3) is 37.8. The lowest BCUT2D eigenvalue weighted by Crippen LogP contribution is -2.63. The number of ketones is 1. The predicted molar refractivity (Wildman–Crippen MR) is 381 cm³/mol. The van der Waals surface area contributed by atoms with Crippen LogP contribution in [-0.2, 0) is 83.1 Å². The van der Waals surface area contributed by atoms with Crippen LogP contribution in [0.15, 0.2) is 24.3 Å². The first-order valence-electron chi connectivity index (χ1n) is 35.0. The van der Waals surface area contributed by atoms with E-state index in [4.69, 9.17) is 26.5 Å². The Hall–Kier alpha value is -9.66. The minimum atomic E-state index is -2.01. The molecule has 0 aliphatic carbocycles. The van der Waals surface area contributed by atoms with Crippen LogP contribution in [0, 0.1) is 23.7 Å². The van der Waals surface area contributed by atoms with Crippen LogP contribution in [0.1, 0.15) is 126 Å². The quantitative estimate of drug-likeness (QED) is 0.0269. The lowest BCUT2D eigenvalue weighted by molar-refractivity contribution is -0.143. The van der Waals surface area contributed by atoms with Crippen LogP contribution in [0.2, 0.25) is 0 Å². The fourth-order valence-corrected chi connectivity index (χ4v) is 10.2. The van der Waals surface area contributed by atoms with Gasteiger partial charge in [0.2, 0.25) is 70.9 Å². The number of aromatic hydroxyl groups is 1. The summed E-state index contributed by atoms with van der Waals surface area (Å²) in [5, 5.41) is 146. The first kappa shape index (κ1) is 99.3. The Balaban J connectivity index is 0.0000284. The van der Waals surface area contributed by atoms with Gasteiger partial charge in [0.1, 0.15) is 78.3 Å². The average Bonchev–Trinajstić information content (AvgIpc) is 0.840. The number of carbonyl (C=O) groups is 16. The van der Waals surface area contributed by atoms with Crippen molar-refractivity contribution in [3.8, 4) is 5.75 Å². The monoisotopic (exact) mass is 1560 g/mol. The van der Waals surface area contributed by atoms with E-state index in [1.165, 1.54) is 24.3 Å². The van der Waals surface area contributed by atoms with E-state index in [9.17, 15) is 123 Å². The number of carbonyl (C=O) groups excluding carboxylic acids is 13. The van der Waals surface area contributed by atoms with Gasteiger partial charge in [-0.2, -0.15) is 0 Å². The number of phenols is 1. The molecule has 109 heavy (non-hydrogen) atoms. The van der Waals surface area contributed by atoms with Crippen molar-refractivity contribution in [2.24, 2.45) is 35.1 Å². The van der Waals surface area contributed by atoms with Gasteiger partial charge in [-0.25, -0.2) is 4.79 Å². The van der Waals surface area contributed by atoms with Gasteiger partial charge in [-0.3, -0.25) is 71.9 Å². The first-order valence-corrected chi connectivity index (χ1v) is 35.0. The smallest absolute Gasteiger partial charge is 0.326 e. The van der Waals surface area contributed by atoms with Gasteiger partial charge >= 0.3 is 11.9 Å². The van der Waals surface area contributed by atoms with Crippen molar-refractivity contribution in [2.75, 3.05) is 39.6 Å². The summed E-state index contributed by atoms with van der Waals surface area (Å²) in [6.45, 7) is 8.77. The molecule has 618 valence electrons. The second-order valence-electron chi connectivity index (χ2n) is 27.1. The van der Waals surface area contributed by atoms with Crippen LogP contribution in [0.25, 0.3) is 0 Å². The van der Waals surface area contributed by atoms with E-state index in [0.717, 1.165) is 27.7 Å². The highest BCUT2D eigenvalue weighted by molar-refractivity contribution is 6.00. The molecule has 0 fully saturated rings. The number of aliphatic carboxylic acids is 3. The Morgan fingerprint density at radius 1 is 0.376 bits per heavy atom. The number of hydrogen-bond acceptors (Lipinski definition) is 27. The molecule has 0 spiro atoms. The van der Waals surface area contributed by atoms with Gasteiger partial charge in [0.05, 0.1) is 63.8 Å². The van der Waals surface area contributed by atoms with E-state index in [-0.39, 0.29) is 55.4 Å². The molecule has 1 aromatic carbocycles. The molecule has 1 rings (SSSR count). The van der Waals surface area contributed by atoms with E-state index in [1.807, 2.05) is 5.32 Å². The number of aliphatic hydroxyl groups is 8. The van der Waals surface area contributed by atoms with Crippen molar-refractivity contribution < 1.29 is 138 Å². The molecule has 42 heteroatoms. The number of nitrogens with one attached hydrogen (secondary N) is 12. The summed E-state index contributed by atoms with van der Waals surface area (Å²) in [4.78, 5) is 209. The maximum absolute atomic E-state index is 14.1. The number of aliphatic hydroxyl groups excluding tert-OH is 8. The zero-order valence-electron chi connectivity index (χ0n) is 62.5. The standard InChI is InChI=1S/C65H108N14O26.C2H4O2/c1-29(2)18-36(22-48(89)43(24-80)72-56(95)42(21-35-13-15-37(88)16-14-35)71-64(103)52(34(9)87)78-60(99)46(27-83)74-54(93)38(67)23-49(90)91)53(92)73-44(25-81)59(98)76-47(28-84)61(100)79-51(33(8)86)63(102)70-41(20-31(5)6)57(96)77-50(32(7)85)62(101)69-40(19-30(3)4)55(94)75-45(26-82)58(97)68-39(65(104)105)12-10-11-17-66;1-2(3)4/h13-16,29-34,36,38-47,50-52,80-88H,10-12,17-28,66-67H2,1-9H3,(H,68,97)(H,69,101)(H,70,102)(H,71,103)(H,72,95)(H,73,92)(H,74,93)(H,75,94)(H,76,98)(H,77,96)(H,78,99)(H,79,100)(H,90,91)(H,104,105);1H3,(H,3,4)/t32-,33-,34-,36-,38+,39+,40+,41+,42+,43+,44+,45+,46+,47+,50+,51+,52+;/m1./s1. The predicted octanol–water partition coefficient (Wildman–Crippen LogP) is -9.32. The van der Waals surface area contributed by atoms with Crippen LogP contribution in [-0.4, -0.2) is 292 Å². The zero-order chi connectivity index (χ0) is 83.9. The first-order chi connectivity index (χ1) is 50.8. The maximum atomic E-state index is 14.1. The summed E-state index contributed by atoms with van der Waals surface area (Å²) < 4.78 is 0. The van der Waals surface area contributed by atoms with Crippen LogP contribution in [0.4, 0.5) is 0 Å². The number of hydrogen-bond donors (Lipinski definition) is 26. The van der Waals surface area contributed by atoms with Crippen molar-refractivity contribution in [3.63, 3.8) is 0 Å². The number of amides is 12. The Labute approximate surface area is 628 Å². The number of nitrogens with two attached hydrogens (primary N) is 2. The number of benzene rings is 1. The van der Waals surface area contributed by atoms with Gasteiger partial charge in [-0.1, -0.05) is 53.7 Å². The number of Topliss-reactive ketones (excluding diaryl/α,β-unsaturated/α-hetero) is 1. The molecule has 0 bridgehead atoms. The Morgan fingerprint density at radius 3 is 1.02 bits per heavy atom. The summed E-state index contributed by atoms with van der Waals surface area (Å²) in [5.41, 5.74) is 11.3. The fourth-order valence-electron chi connectivity index (χ4n) is 10.2. The summed E-state index contributed by atoms with van der Waals surface area (Å²) in [6.07, 6.45) is -6.99. The molecule has 1 aromatic rings. The van der Waals surface area contributed by atoms with Crippen LogP contribution < -0.4 is 75.3 Å². The third-order valence-corrected chi connectivity index (χ3v) is 15.9. The van der Waals surface area contributed by atoms with Crippen LogP contribution >= 0.6 is 0 Å². The molecule has 0 radical (unpaired) electrons. The summed E-state index contributed by atoms with van der Waals surface area (Å²) >= 11 is 0. The van der Waals surface area contributed by atoms with Gasteiger partial charge < -0.3 is 137 Å². The molecule has 0 aromatic heterocycles. The molecule has 0 saturated carbocycles. The molecule has 0 heterocycles. The van der Waals surface area contributed by atoms with Gasteiger partial charge in [-0.15, -0.1) is 0 Å². The van der Waals surface area contributed by atoms with E-state index >= 15 is 0 Å². The lowest BCUT2D eigenvalue weighted by atomic mass is 9.89. The van der Waals surface area contributed by atoms with Gasteiger partial charge in [0, 0.05) is 25.7 Å². The Kier molecular flexibility index (Phi) is 46.4. The molecule has 12 amide bonds. The highest BCUT2D eigenvalue weighted by atomic mass is 16.4. The summed E-state index contributed by atoms with van der Waals surface area (Å²) in [7, 11) is 0. The number of rotatable bonds is 50. The van der Waals surface area contributed by atoms with E-state index in [0.29, 0.717) is 12.8 Å². The normalized spacial score (nSPS) is 15.9. The molecule has 42 nitrogen and oxygen atoms in total. The zero-order valence-corrected chi connectivity index (χ0v) is 62.5. The molecule has 0 saturated heterocycles. The molecular weight excluding hydrogens is 1450 g/mol. The van der Waals surface area contributed by atoms with Crippen molar-refractivity contribution in [1.29, 1.82) is 0 Å². The molecule has 0 aliphatic heterocycles. The molecular formula is C67H112N14O28. The summed E-state index contributed by atoms with van der Waals surface area (Å²) in [5.74, 6) is -21.6. The summed E-state index contributed by atoms with van der Waals surface area (Å²) in [6, 6.07) is -17.9. The number of unbranched alkanes of at least 4 members (excludes halogenated alkanes) is 1. The van der Waals surface area contributed by atoms with Crippen molar-refractivity contribution in [3.05, 3.63) is 29.8 Å². The number of carboxylic acids is 3. The number of phenolic OH excluding ortho intramolecular Hbond substituents is 1. The van der Waals surface area contributed by atoms with Crippen LogP contribution in [0.5, 0.6) is 5.75 Å².